The van der Waals surface area contributed by atoms with Gasteiger partial charge in [-0.2, -0.15) is 16.8 Å². The molecule has 9 heteroatoms. The lowest BCUT2D eigenvalue weighted by atomic mass is 10.0. The second-order valence-corrected chi connectivity index (χ2v) is 7.01. The maximum Gasteiger partial charge on any atom is 0.296 e. The van der Waals surface area contributed by atoms with Crippen molar-refractivity contribution < 1.29 is 25.9 Å². The van der Waals surface area contributed by atoms with E-state index >= 15 is 0 Å². The van der Waals surface area contributed by atoms with E-state index in [-0.39, 0.29) is 21.7 Å². The Kier molecular flexibility index (Phi) is 3.76. The summed E-state index contributed by atoms with van der Waals surface area (Å²) in [5, 5.41) is 0. The van der Waals surface area contributed by atoms with Crippen LogP contribution in [0, 0.1) is 0 Å². The molecule has 0 saturated heterocycles. The lowest BCUT2D eigenvalue weighted by Gasteiger charge is -2.10. The second kappa shape index (κ2) is 5.11. The largest absolute Gasteiger partial charge is 0.397 e. The van der Waals surface area contributed by atoms with Crippen molar-refractivity contribution in [2.24, 2.45) is 0 Å². The van der Waals surface area contributed by atoms with Crippen LogP contribution < -0.4 is 5.73 Å². The van der Waals surface area contributed by atoms with Gasteiger partial charge >= 0.3 is 0 Å². The highest BCUT2D eigenvalue weighted by atomic mass is 32.2. The molecule has 0 fully saturated rings. The van der Waals surface area contributed by atoms with Crippen molar-refractivity contribution >= 4 is 25.9 Å². The van der Waals surface area contributed by atoms with Crippen LogP contribution in [0.3, 0.4) is 0 Å². The summed E-state index contributed by atoms with van der Waals surface area (Å²) in [6, 6.07) is 9.14. The van der Waals surface area contributed by atoms with Gasteiger partial charge in [0.05, 0.1) is 10.6 Å². The first kappa shape index (κ1) is 15.4. The van der Waals surface area contributed by atoms with Gasteiger partial charge in [0.15, 0.2) is 0 Å². The molecule has 0 spiro atoms. The summed E-state index contributed by atoms with van der Waals surface area (Å²) in [7, 11) is -8.89. The first-order chi connectivity index (χ1) is 9.60. The zero-order valence-corrected chi connectivity index (χ0v) is 12.1. The van der Waals surface area contributed by atoms with Crippen molar-refractivity contribution in [2.45, 2.75) is 9.79 Å². The highest BCUT2D eigenvalue weighted by Crippen LogP contribution is 2.32. The Labute approximate surface area is 121 Å². The van der Waals surface area contributed by atoms with Crippen molar-refractivity contribution in [1.29, 1.82) is 0 Å². The molecular formula is C12H11NO6S2. The molecule has 21 heavy (non-hydrogen) atoms. The zero-order valence-electron chi connectivity index (χ0n) is 10.5. The molecule has 0 heterocycles. The van der Waals surface area contributed by atoms with Crippen molar-refractivity contribution in [2.75, 3.05) is 5.73 Å². The number of nitrogen functional groups attached to an aromatic ring is 1. The molecule has 2 rings (SSSR count). The molecule has 2 aromatic rings. The van der Waals surface area contributed by atoms with E-state index in [0.717, 1.165) is 12.1 Å². The SMILES string of the molecule is Nc1c(-c2cccc(S(=O)(=O)O)c2)cccc1S(=O)(=O)O. The minimum atomic E-state index is -4.50. The first-order valence-electron chi connectivity index (χ1n) is 5.54. The van der Waals surface area contributed by atoms with Gasteiger partial charge < -0.3 is 5.73 Å². The maximum absolute atomic E-state index is 11.2. The molecule has 0 amide bonds. The third-order valence-electron chi connectivity index (χ3n) is 2.79. The monoisotopic (exact) mass is 329 g/mol. The number of nitrogens with two attached hydrogens (primary N) is 1. The van der Waals surface area contributed by atoms with E-state index in [4.69, 9.17) is 14.8 Å². The summed E-state index contributed by atoms with van der Waals surface area (Å²) < 4.78 is 62.7. The van der Waals surface area contributed by atoms with E-state index in [1.807, 2.05) is 0 Å². The Morgan fingerprint density at radius 1 is 0.857 bits per heavy atom. The number of rotatable bonds is 3. The van der Waals surface area contributed by atoms with Crippen molar-refractivity contribution in [1.82, 2.24) is 0 Å². The van der Waals surface area contributed by atoms with Gasteiger partial charge in [-0.15, -0.1) is 0 Å². The number of anilines is 1. The lowest BCUT2D eigenvalue weighted by Crippen LogP contribution is -2.04. The van der Waals surface area contributed by atoms with Gasteiger partial charge in [0.2, 0.25) is 0 Å². The summed E-state index contributed by atoms with van der Waals surface area (Å²) in [5.41, 5.74) is 6.00. The molecule has 112 valence electrons. The van der Waals surface area contributed by atoms with E-state index in [0.29, 0.717) is 0 Å². The van der Waals surface area contributed by atoms with Crippen LogP contribution in [0.2, 0.25) is 0 Å². The molecule has 0 bridgehead atoms. The van der Waals surface area contributed by atoms with E-state index in [1.54, 1.807) is 0 Å². The Balaban J connectivity index is 2.69. The van der Waals surface area contributed by atoms with Crippen LogP contribution in [0.1, 0.15) is 0 Å². The maximum atomic E-state index is 11.2. The van der Waals surface area contributed by atoms with Gasteiger partial charge in [0.25, 0.3) is 20.2 Å². The van der Waals surface area contributed by atoms with Gasteiger partial charge in [0, 0.05) is 5.56 Å². The lowest BCUT2D eigenvalue weighted by molar-refractivity contribution is 0.481. The smallest absolute Gasteiger partial charge is 0.296 e. The zero-order chi connectivity index (χ0) is 15.8. The fourth-order valence-corrected chi connectivity index (χ4v) is 3.01. The average molecular weight is 329 g/mol. The fourth-order valence-electron chi connectivity index (χ4n) is 1.84. The van der Waals surface area contributed by atoms with Crippen LogP contribution in [0.4, 0.5) is 5.69 Å². The molecule has 0 atom stereocenters. The van der Waals surface area contributed by atoms with Crippen molar-refractivity contribution in [3.63, 3.8) is 0 Å². The number of para-hydroxylation sites is 1. The summed E-state index contributed by atoms with van der Waals surface area (Å²) in [4.78, 5) is -0.825. The van der Waals surface area contributed by atoms with Crippen molar-refractivity contribution in [3.05, 3.63) is 42.5 Å². The third-order valence-corrected chi connectivity index (χ3v) is 4.55. The summed E-state index contributed by atoms with van der Waals surface area (Å²) in [6.45, 7) is 0. The molecule has 0 aliphatic carbocycles. The molecule has 0 aliphatic heterocycles. The van der Waals surface area contributed by atoms with Gasteiger partial charge in [-0.1, -0.05) is 24.3 Å². The summed E-state index contributed by atoms with van der Waals surface area (Å²) >= 11 is 0. The minimum absolute atomic E-state index is 0.215. The van der Waals surface area contributed by atoms with Gasteiger partial charge in [0.1, 0.15) is 4.90 Å². The normalized spacial score (nSPS) is 12.3. The third kappa shape index (κ3) is 3.22. The van der Waals surface area contributed by atoms with Crippen LogP contribution >= 0.6 is 0 Å². The van der Waals surface area contributed by atoms with Crippen LogP contribution in [0.15, 0.2) is 52.3 Å². The number of hydrogen-bond acceptors (Lipinski definition) is 5. The molecule has 0 radical (unpaired) electrons. The topological polar surface area (TPSA) is 135 Å². The van der Waals surface area contributed by atoms with Crippen LogP contribution in [-0.4, -0.2) is 25.9 Å². The quantitative estimate of drug-likeness (QED) is 0.572. The highest BCUT2D eigenvalue weighted by Gasteiger charge is 2.18. The van der Waals surface area contributed by atoms with E-state index in [1.165, 1.54) is 30.3 Å². The molecule has 2 aromatic carbocycles. The summed E-state index contributed by atoms with van der Waals surface area (Å²) in [6.07, 6.45) is 0. The van der Waals surface area contributed by atoms with E-state index in [9.17, 15) is 16.8 Å². The number of benzene rings is 2. The van der Waals surface area contributed by atoms with Crippen LogP contribution in [0.5, 0.6) is 0 Å². The van der Waals surface area contributed by atoms with Crippen LogP contribution in [0.25, 0.3) is 11.1 Å². The van der Waals surface area contributed by atoms with E-state index < -0.39 is 25.1 Å². The molecule has 7 nitrogen and oxygen atoms in total. The van der Waals surface area contributed by atoms with Crippen molar-refractivity contribution in [3.8, 4) is 11.1 Å². The van der Waals surface area contributed by atoms with Gasteiger partial charge in [-0.05, 0) is 23.8 Å². The highest BCUT2D eigenvalue weighted by molar-refractivity contribution is 7.86. The Bertz CT molecular complexity index is 903. The standard InChI is InChI=1S/C12H11NO6S2/c13-12-10(5-2-6-11(12)21(17,18)19)8-3-1-4-9(7-8)20(14,15)16/h1-7H,13H2,(H,14,15,16)(H,17,18,19). The Morgan fingerprint density at radius 3 is 2.05 bits per heavy atom. The van der Waals surface area contributed by atoms with E-state index in [2.05, 4.69) is 0 Å². The first-order valence-corrected chi connectivity index (χ1v) is 8.42. The molecule has 0 unspecified atom stereocenters. The second-order valence-electron chi connectivity index (χ2n) is 4.20. The fraction of sp³-hybridized carbons (Fsp3) is 0. The summed E-state index contributed by atoms with van der Waals surface area (Å²) in [5.74, 6) is 0. The number of hydrogen-bond donors (Lipinski definition) is 3. The average Bonchev–Trinajstić information content (AvgIpc) is 2.37. The molecule has 0 aliphatic rings. The molecule has 0 aromatic heterocycles. The predicted octanol–water partition coefficient (Wildman–Crippen LogP) is 1.43. The van der Waals surface area contributed by atoms with Gasteiger partial charge in [-0.3, -0.25) is 9.11 Å². The van der Waals surface area contributed by atoms with Crippen LogP contribution in [-0.2, 0) is 20.2 Å². The minimum Gasteiger partial charge on any atom is -0.397 e. The Morgan fingerprint density at radius 2 is 1.48 bits per heavy atom. The Hall–Kier alpha value is -1.94. The molecule has 4 N–H and O–H groups in total. The molecular weight excluding hydrogens is 318 g/mol. The molecule has 0 saturated carbocycles. The van der Waals surface area contributed by atoms with Gasteiger partial charge in [-0.25, -0.2) is 0 Å². The predicted molar refractivity (Wildman–Crippen MR) is 75.9 cm³/mol.